The van der Waals surface area contributed by atoms with E-state index in [1.807, 2.05) is 30.3 Å². The van der Waals surface area contributed by atoms with Gasteiger partial charge in [0.1, 0.15) is 0 Å². The Balaban J connectivity index is 1.98. The molecule has 128 valence electrons. The second-order valence-corrected chi connectivity index (χ2v) is 5.56. The van der Waals surface area contributed by atoms with Gasteiger partial charge in [-0.3, -0.25) is 15.1 Å². The highest BCUT2D eigenvalue weighted by Gasteiger charge is 2.25. The second-order valence-electron chi connectivity index (χ2n) is 5.56. The fraction of sp³-hybridized carbons (Fsp3) is 0.0588. The Morgan fingerprint density at radius 1 is 1.19 bits per heavy atom. The average Bonchev–Trinajstić information content (AvgIpc) is 3.01. The number of benzene rings is 2. The lowest BCUT2D eigenvalue weighted by Gasteiger charge is -2.10. The van der Waals surface area contributed by atoms with Gasteiger partial charge in [-0.05, 0) is 6.07 Å². The highest BCUT2D eigenvalue weighted by atomic mass is 16.6. The van der Waals surface area contributed by atoms with Crippen LogP contribution in [0.5, 0.6) is 0 Å². The maximum absolute atomic E-state index is 11.2. The van der Waals surface area contributed by atoms with Crippen LogP contribution in [0.15, 0.2) is 53.5 Å². The first-order valence-electron chi connectivity index (χ1n) is 7.63. The van der Waals surface area contributed by atoms with Crippen LogP contribution in [0.2, 0.25) is 0 Å². The van der Waals surface area contributed by atoms with E-state index < -0.39 is 10.9 Å². The molecule has 0 aliphatic carbocycles. The molecule has 0 saturated carbocycles. The number of carboxylic acid groups (broad SMARTS) is 1. The summed E-state index contributed by atoms with van der Waals surface area (Å²) in [6, 6.07) is 13.6. The largest absolute Gasteiger partial charge is 0.475 e. The van der Waals surface area contributed by atoms with Crippen LogP contribution in [0.3, 0.4) is 0 Å². The fourth-order valence-electron chi connectivity index (χ4n) is 2.82. The van der Waals surface area contributed by atoms with E-state index in [1.54, 1.807) is 0 Å². The molecule has 0 bridgehead atoms. The molecule has 26 heavy (non-hydrogen) atoms. The van der Waals surface area contributed by atoms with Gasteiger partial charge in [0.05, 0.1) is 22.9 Å². The Hall–Kier alpha value is -3.88. The maximum Gasteiger partial charge on any atom is 0.375 e. The van der Waals surface area contributed by atoms with Gasteiger partial charge < -0.3 is 5.11 Å². The molecule has 0 amide bonds. The maximum atomic E-state index is 11.2. The summed E-state index contributed by atoms with van der Waals surface area (Å²) < 4.78 is 1.38. The van der Waals surface area contributed by atoms with Crippen molar-refractivity contribution < 1.29 is 14.8 Å². The molecule has 2 aromatic carbocycles. The topological polar surface area (TPSA) is 124 Å². The van der Waals surface area contributed by atoms with Crippen molar-refractivity contribution >= 4 is 17.4 Å². The third-order valence-corrected chi connectivity index (χ3v) is 3.97. The number of nitro groups is 1. The number of aliphatic imine (C=N–C) groups is 1. The highest BCUT2D eigenvalue weighted by Crippen LogP contribution is 2.27. The Labute approximate surface area is 146 Å². The smallest absolute Gasteiger partial charge is 0.375 e. The van der Waals surface area contributed by atoms with Gasteiger partial charge in [0, 0.05) is 23.3 Å². The molecule has 1 aliphatic heterocycles. The van der Waals surface area contributed by atoms with Gasteiger partial charge in [0.15, 0.2) is 5.82 Å². The van der Waals surface area contributed by atoms with Gasteiger partial charge >= 0.3 is 5.97 Å². The number of aromatic carboxylic acids is 1. The molecule has 0 atom stereocenters. The standard InChI is InChI=1S/C17H11N5O4/c23-17(24)16-19-14-9-18-15(10-4-2-1-3-5-10)12-8-11(22(25)26)6-7-13(12)21(14)20-16/h1-8H,9H2,(H,23,24). The van der Waals surface area contributed by atoms with E-state index >= 15 is 0 Å². The molecule has 9 heteroatoms. The number of non-ortho nitro benzene ring substituents is 1. The van der Waals surface area contributed by atoms with E-state index in [2.05, 4.69) is 15.1 Å². The van der Waals surface area contributed by atoms with Crippen molar-refractivity contribution in [2.24, 2.45) is 4.99 Å². The first-order valence-corrected chi connectivity index (χ1v) is 7.63. The van der Waals surface area contributed by atoms with Crippen LogP contribution in [0.4, 0.5) is 5.69 Å². The number of nitrogens with zero attached hydrogens (tertiary/aromatic N) is 5. The molecule has 4 rings (SSSR count). The molecule has 1 aliphatic rings. The second kappa shape index (κ2) is 5.88. The van der Waals surface area contributed by atoms with Crippen LogP contribution >= 0.6 is 0 Å². The summed E-state index contributed by atoms with van der Waals surface area (Å²) in [4.78, 5) is 30.4. The molecule has 0 saturated heterocycles. The molecule has 3 aromatic rings. The van der Waals surface area contributed by atoms with Crippen molar-refractivity contribution in [3.05, 3.63) is 81.4 Å². The number of fused-ring (bicyclic) bond motifs is 3. The van der Waals surface area contributed by atoms with E-state index in [4.69, 9.17) is 5.11 Å². The number of carbonyl (C=O) groups is 1. The van der Waals surface area contributed by atoms with Crippen LogP contribution in [-0.2, 0) is 6.54 Å². The van der Waals surface area contributed by atoms with Crippen molar-refractivity contribution in [3.8, 4) is 5.69 Å². The summed E-state index contributed by atoms with van der Waals surface area (Å²) >= 11 is 0. The first-order chi connectivity index (χ1) is 12.5. The Kier molecular flexibility index (Phi) is 3.54. The monoisotopic (exact) mass is 349 g/mol. The van der Waals surface area contributed by atoms with E-state index in [0.29, 0.717) is 22.8 Å². The Morgan fingerprint density at radius 2 is 1.96 bits per heavy atom. The zero-order valence-electron chi connectivity index (χ0n) is 13.2. The fourth-order valence-corrected chi connectivity index (χ4v) is 2.82. The van der Waals surface area contributed by atoms with Gasteiger partial charge in [0.25, 0.3) is 11.5 Å². The quantitative estimate of drug-likeness (QED) is 0.571. The molecule has 2 heterocycles. The van der Waals surface area contributed by atoms with Crippen molar-refractivity contribution in [1.82, 2.24) is 14.8 Å². The molecule has 0 fully saturated rings. The predicted octanol–water partition coefficient (Wildman–Crippen LogP) is 2.22. The summed E-state index contributed by atoms with van der Waals surface area (Å²) in [5.41, 5.74) is 2.25. The summed E-state index contributed by atoms with van der Waals surface area (Å²) in [7, 11) is 0. The minimum atomic E-state index is -1.25. The van der Waals surface area contributed by atoms with Crippen molar-refractivity contribution in [2.45, 2.75) is 6.54 Å². The lowest BCUT2D eigenvalue weighted by Crippen LogP contribution is -2.09. The van der Waals surface area contributed by atoms with Crippen molar-refractivity contribution in [2.75, 3.05) is 0 Å². The van der Waals surface area contributed by atoms with E-state index in [-0.39, 0.29) is 18.1 Å². The normalized spacial score (nSPS) is 12.5. The summed E-state index contributed by atoms with van der Waals surface area (Å²) in [5.74, 6) is -1.24. The van der Waals surface area contributed by atoms with Gasteiger partial charge in [-0.1, -0.05) is 30.3 Å². The molecule has 1 aromatic heterocycles. The predicted molar refractivity (Wildman–Crippen MR) is 90.8 cm³/mol. The molecule has 0 spiro atoms. The van der Waals surface area contributed by atoms with Gasteiger partial charge in [-0.25, -0.2) is 14.5 Å². The zero-order chi connectivity index (χ0) is 18.3. The van der Waals surface area contributed by atoms with E-state index in [9.17, 15) is 14.9 Å². The number of carboxylic acids is 1. The molecular weight excluding hydrogens is 338 g/mol. The molecule has 0 unspecified atom stereocenters. The number of hydrogen-bond acceptors (Lipinski definition) is 6. The minimum Gasteiger partial charge on any atom is -0.475 e. The highest BCUT2D eigenvalue weighted by molar-refractivity contribution is 6.15. The van der Waals surface area contributed by atoms with Gasteiger partial charge in [-0.2, -0.15) is 0 Å². The number of rotatable bonds is 3. The lowest BCUT2D eigenvalue weighted by molar-refractivity contribution is -0.384. The summed E-state index contributed by atoms with van der Waals surface area (Å²) in [6.07, 6.45) is 0. The molecule has 1 N–H and O–H groups in total. The Bertz CT molecular complexity index is 1070. The summed E-state index contributed by atoms with van der Waals surface area (Å²) in [5, 5.41) is 24.4. The number of hydrogen-bond donors (Lipinski definition) is 1. The average molecular weight is 349 g/mol. The lowest BCUT2D eigenvalue weighted by atomic mass is 10.00. The first kappa shape index (κ1) is 15.6. The number of aromatic nitrogens is 3. The van der Waals surface area contributed by atoms with Crippen LogP contribution in [0, 0.1) is 10.1 Å². The van der Waals surface area contributed by atoms with E-state index in [1.165, 1.54) is 22.9 Å². The van der Waals surface area contributed by atoms with Crippen molar-refractivity contribution in [3.63, 3.8) is 0 Å². The van der Waals surface area contributed by atoms with Gasteiger partial charge in [-0.15, -0.1) is 5.10 Å². The van der Waals surface area contributed by atoms with Crippen LogP contribution in [0.25, 0.3) is 5.69 Å². The molecule has 9 nitrogen and oxygen atoms in total. The zero-order valence-corrected chi connectivity index (χ0v) is 13.2. The van der Waals surface area contributed by atoms with Crippen LogP contribution in [-0.4, -0.2) is 36.5 Å². The SMILES string of the molecule is O=C(O)c1nc2n(n1)-c1ccc([N+](=O)[O-])cc1C(c1ccccc1)=NC2. The third kappa shape index (κ3) is 2.51. The third-order valence-electron chi connectivity index (χ3n) is 3.97. The molecular formula is C17H11N5O4. The van der Waals surface area contributed by atoms with Crippen molar-refractivity contribution in [1.29, 1.82) is 0 Å². The Morgan fingerprint density at radius 3 is 2.65 bits per heavy atom. The van der Waals surface area contributed by atoms with Crippen LogP contribution < -0.4 is 0 Å². The van der Waals surface area contributed by atoms with E-state index in [0.717, 1.165) is 5.56 Å². The van der Waals surface area contributed by atoms with Gasteiger partial charge in [0.2, 0.25) is 0 Å². The summed E-state index contributed by atoms with van der Waals surface area (Å²) in [6.45, 7) is 0.104. The minimum absolute atomic E-state index is 0.0885. The van der Waals surface area contributed by atoms with Crippen LogP contribution in [0.1, 0.15) is 27.6 Å². The number of nitro benzene ring substituents is 1. The molecule has 0 radical (unpaired) electrons.